The average molecular weight is 264 g/mol. The Kier molecular flexibility index (Phi) is 5.53. The second-order valence-corrected chi connectivity index (χ2v) is 5.69. The summed E-state index contributed by atoms with van der Waals surface area (Å²) >= 11 is 0. The predicted octanol–water partition coefficient (Wildman–Crippen LogP) is 1.48. The topological polar surface area (TPSA) is 61.2 Å². The molecule has 2 atom stereocenters. The van der Waals surface area contributed by atoms with Crippen LogP contribution in [0.5, 0.6) is 0 Å². The van der Waals surface area contributed by atoms with E-state index in [4.69, 9.17) is 5.26 Å². The van der Waals surface area contributed by atoms with E-state index >= 15 is 0 Å². The van der Waals surface area contributed by atoms with Crippen molar-refractivity contribution in [3.05, 3.63) is 35.9 Å². The molecule has 0 saturated heterocycles. The highest BCUT2D eigenvalue weighted by atomic mass is 32.2. The summed E-state index contributed by atoms with van der Waals surface area (Å²) in [5, 5.41) is 8.41. The molecule has 0 aliphatic rings. The minimum absolute atomic E-state index is 0.0474. The van der Waals surface area contributed by atoms with Crippen molar-refractivity contribution < 1.29 is 9.00 Å². The van der Waals surface area contributed by atoms with Gasteiger partial charge in [0.25, 0.3) is 0 Å². The minimum atomic E-state index is -1.37. The van der Waals surface area contributed by atoms with Gasteiger partial charge in [0.05, 0.1) is 17.7 Å². The van der Waals surface area contributed by atoms with Gasteiger partial charge in [-0.25, -0.2) is 0 Å². The molecule has 0 spiro atoms. The Morgan fingerprint density at radius 2 is 2.00 bits per heavy atom. The Balaban J connectivity index is 2.84. The zero-order chi connectivity index (χ0) is 13.5. The van der Waals surface area contributed by atoms with Crippen molar-refractivity contribution in [1.29, 1.82) is 5.26 Å². The van der Waals surface area contributed by atoms with Crippen molar-refractivity contribution >= 4 is 16.7 Å². The Bertz CT molecular complexity index is 466. The number of carbonyl (C=O) groups is 1. The monoisotopic (exact) mass is 264 g/mol. The molecule has 96 valence electrons. The standard InChI is InChI=1S/C13H16N2O2S/c1-15(2)13(16)10-18(17)12(8-9-14)11-6-4-3-5-7-11/h3-7,12H,8,10H2,1-2H3. The Morgan fingerprint density at radius 3 is 2.50 bits per heavy atom. The number of amides is 1. The largest absolute Gasteiger partial charge is 0.348 e. The van der Waals surface area contributed by atoms with E-state index in [0.717, 1.165) is 5.56 Å². The van der Waals surface area contributed by atoms with Crippen LogP contribution in [0.2, 0.25) is 0 Å². The first kappa shape index (κ1) is 14.4. The molecular weight excluding hydrogens is 248 g/mol. The molecule has 1 aromatic rings. The fourth-order valence-electron chi connectivity index (χ4n) is 1.46. The van der Waals surface area contributed by atoms with Gasteiger partial charge >= 0.3 is 0 Å². The Morgan fingerprint density at radius 1 is 1.39 bits per heavy atom. The van der Waals surface area contributed by atoms with Crippen LogP contribution in [0.4, 0.5) is 0 Å². The summed E-state index contributed by atoms with van der Waals surface area (Å²) in [6, 6.07) is 11.2. The van der Waals surface area contributed by atoms with E-state index in [0.29, 0.717) is 0 Å². The third kappa shape index (κ3) is 3.97. The van der Waals surface area contributed by atoms with Crippen LogP contribution in [-0.2, 0) is 15.6 Å². The first-order valence-electron chi connectivity index (χ1n) is 5.55. The Labute approximate surface area is 110 Å². The highest BCUT2D eigenvalue weighted by Gasteiger charge is 2.21. The third-order valence-corrected chi connectivity index (χ3v) is 4.13. The lowest BCUT2D eigenvalue weighted by Crippen LogP contribution is -2.28. The first-order chi connectivity index (χ1) is 8.56. The van der Waals surface area contributed by atoms with Crippen molar-refractivity contribution in [3.8, 4) is 6.07 Å². The molecule has 0 aliphatic heterocycles. The van der Waals surface area contributed by atoms with Crippen LogP contribution in [0.25, 0.3) is 0 Å². The molecule has 0 radical (unpaired) electrons. The zero-order valence-electron chi connectivity index (χ0n) is 10.5. The SMILES string of the molecule is CN(C)C(=O)CS(=O)C(CC#N)c1ccccc1. The quantitative estimate of drug-likeness (QED) is 0.809. The van der Waals surface area contributed by atoms with E-state index < -0.39 is 16.0 Å². The summed E-state index contributed by atoms with van der Waals surface area (Å²) in [6.45, 7) is 0. The fraction of sp³-hybridized carbons (Fsp3) is 0.385. The molecule has 0 aromatic heterocycles. The van der Waals surface area contributed by atoms with Gasteiger partial charge in [-0.1, -0.05) is 30.3 Å². The highest BCUT2D eigenvalue weighted by molar-refractivity contribution is 7.86. The van der Waals surface area contributed by atoms with Crippen molar-refractivity contribution in [2.75, 3.05) is 19.8 Å². The molecule has 0 heterocycles. The lowest BCUT2D eigenvalue weighted by molar-refractivity contribution is -0.125. The lowest BCUT2D eigenvalue weighted by atomic mass is 10.1. The predicted molar refractivity (Wildman–Crippen MR) is 71.1 cm³/mol. The molecule has 5 heteroatoms. The fourth-order valence-corrected chi connectivity index (χ4v) is 2.89. The van der Waals surface area contributed by atoms with E-state index in [-0.39, 0.29) is 18.1 Å². The highest BCUT2D eigenvalue weighted by Crippen LogP contribution is 2.23. The molecule has 0 N–H and O–H groups in total. The van der Waals surface area contributed by atoms with Gasteiger partial charge < -0.3 is 4.90 Å². The molecular formula is C13H16N2O2S. The van der Waals surface area contributed by atoms with Gasteiger partial charge in [-0.3, -0.25) is 9.00 Å². The maximum Gasteiger partial charge on any atom is 0.234 e. The number of carbonyl (C=O) groups excluding carboxylic acids is 1. The Hall–Kier alpha value is -1.67. The van der Waals surface area contributed by atoms with Crippen LogP contribution in [0.1, 0.15) is 17.2 Å². The number of rotatable bonds is 5. The molecule has 2 unspecified atom stereocenters. The van der Waals surface area contributed by atoms with Gasteiger partial charge in [-0.05, 0) is 5.56 Å². The third-order valence-electron chi connectivity index (χ3n) is 2.53. The number of nitriles is 1. The average Bonchev–Trinajstić information content (AvgIpc) is 2.36. The van der Waals surface area contributed by atoms with Crippen LogP contribution in [0.3, 0.4) is 0 Å². The van der Waals surface area contributed by atoms with Crippen molar-refractivity contribution in [2.45, 2.75) is 11.7 Å². The zero-order valence-corrected chi connectivity index (χ0v) is 11.3. The van der Waals surface area contributed by atoms with Gasteiger partial charge in [0.2, 0.25) is 5.91 Å². The van der Waals surface area contributed by atoms with Crippen LogP contribution < -0.4 is 0 Å². The van der Waals surface area contributed by atoms with Gasteiger partial charge in [-0.15, -0.1) is 0 Å². The summed E-state index contributed by atoms with van der Waals surface area (Å²) in [5.74, 6) is -0.235. The molecule has 1 aromatic carbocycles. The summed E-state index contributed by atoms with van der Waals surface area (Å²) in [5.41, 5.74) is 0.837. The van der Waals surface area contributed by atoms with E-state index in [1.54, 1.807) is 14.1 Å². The van der Waals surface area contributed by atoms with Gasteiger partial charge in [0.1, 0.15) is 5.75 Å². The second kappa shape index (κ2) is 6.92. The number of nitrogens with zero attached hydrogens (tertiary/aromatic N) is 2. The maximum atomic E-state index is 12.2. The molecule has 0 aliphatic carbocycles. The number of benzene rings is 1. The van der Waals surface area contributed by atoms with Gasteiger partial charge in [0, 0.05) is 24.9 Å². The van der Waals surface area contributed by atoms with Crippen LogP contribution in [-0.4, -0.2) is 34.9 Å². The molecule has 1 rings (SSSR count). The van der Waals surface area contributed by atoms with Crippen molar-refractivity contribution in [2.24, 2.45) is 0 Å². The summed E-state index contributed by atoms with van der Waals surface area (Å²) in [6.07, 6.45) is 0.150. The van der Waals surface area contributed by atoms with Crippen LogP contribution in [0, 0.1) is 11.3 Å². The molecule has 18 heavy (non-hydrogen) atoms. The smallest absolute Gasteiger partial charge is 0.234 e. The molecule has 1 amide bonds. The van der Waals surface area contributed by atoms with Crippen LogP contribution >= 0.6 is 0 Å². The summed E-state index contributed by atoms with van der Waals surface area (Å²) in [7, 11) is 1.88. The second-order valence-electron chi connectivity index (χ2n) is 4.07. The first-order valence-corrected chi connectivity index (χ1v) is 6.93. The minimum Gasteiger partial charge on any atom is -0.348 e. The number of hydrogen-bond donors (Lipinski definition) is 0. The molecule has 0 fully saturated rings. The summed E-state index contributed by atoms with van der Waals surface area (Å²) < 4.78 is 12.2. The lowest BCUT2D eigenvalue weighted by Gasteiger charge is -2.15. The maximum absolute atomic E-state index is 12.2. The molecule has 0 bridgehead atoms. The van der Waals surface area contributed by atoms with Crippen molar-refractivity contribution in [1.82, 2.24) is 4.90 Å². The summed E-state index contributed by atoms with van der Waals surface area (Å²) in [4.78, 5) is 13.0. The van der Waals surface area contributed by atoms with Gasteiger partial charge in [0.15, 0.2) is 0 Å². The molecule has 0 saturated carbocycles. The van der Waals surface area contributed by atoms with E-state index in [1.165, 1.54) is 4.90 Å². The van der Waals surface area contributed by atoms with Gasteiger partial charge in [-0.2, -0.15) is 5.26 Å². The van der Waals surface area contributed by atoms with Crippen LogP contribution in [0.15, 0.2) is 30.3 Å². The normalized spacial score (nSPS) is 13.4. The van der Waals surface area contributed by atoms with Crippen molar-refractivity contribution in [3.63, 3.8) is 0 Å². The van der Waals surface area contributed by atoms with E-state index in [2.05, 4.69) is 0 Å². The van der Waals surface area contributed by atoms with E-state index in [9.17, 15) is 9.00 Å². The van der Waals surface area contributed by atoms with E-state index in [1.807, 2.05) is 36.4 Å². The number of hydrogen-bond acceptors (Lipinski definition) is 3. The molecule has 4 nitrogen and oxygen atoms in total.